The van der Waals surface area contributed by atoms with Crippen molar-refractivity contribution in [2.24, 2.45) is 0 Å². The van der Waals surface area contributed by atoms with Crippen molar-refractivity contribution in [2.75, 3.05) is 26.8 Å². The van der Waals surface area contributed by atoms with E-state index in [0.717, 1.165) is 12.8 Å². The van der Waals surface area contributed by atoms with Crippen LogP contribution in [0.2, 0.25) is 0 Å². The van der Waals surface area contributed by atoms with Crippen molar-refractivity contribution in [3.63, 3.8) is 0 Å². The summed E-state index contributed by atoms with van der Waals surface area (Å²) in [6.07, 6.45) is 5.07. The topological polar surface area (TPSA) is 69.5 Å². The van der Waals surface area contributed by atoms with Crippen molar-refractivity contribution in [3.8, 4) is 11.5 Å². The molecule has 7 nitrogen and oxygen atoms in total. The number of likely N-dealkylation sites (tertiary alicyclic amines) is 1. The number of para-hydroxylation sites is 2. The number of amides is 1. The number of hydrogen-bond donors (Lipinski definition) is 0. The first kappa shape index (κ1) is 15.3. The summed E-state index contributed by atoms with van der Waals surface area (Å²) in [5.41, 5.74) is 0. The van der Waals surface area contributed by atoms with Crippen molar-refractivity contribution in [2.45, 2.75) is 18.9 Å². The highest BCUT2D eigenvalue weighted by Gasteiger charge is 2.25. The van der Waals surface area contributed by atoms with E-state index in [-0.39, 0.29) is 18.6 Å². The van der Waals surface area contributed by atoms with Crippen LogP contribution in [0.25, 0.3) is 0 Å². The third-order valence-electron chi connectivity index (χ3n) is 4.00. The smallest absolute Gasteiger partial charge is 0.260 e. The lowest BCUT2D eigenvalue weighted by Gasteiger charge is -2.31. The van der Waals surface area contributed by atoms with E-state index in [1.54, 1.807) is 30.4 Å². The maximum absolute atomic E-state index is 12.3. The third kappa shape index (κ3) is 3.61. The van der Waals surface area contributed by atoms with Gasteiger partial charge < -0.3 is 14.4 Å². The SMILES string of the molecule is COc1ccccc1OCC(=O)N1CCC(n2nccn2)CC1. The van der Waals surface area contributed by atoms with Gasteiger partial charge in [0.15, 0.2) is 18.1 Å². The number of carbonyl (C=O) groups excluding carboxylic acids is 1. The highest BCUT2D eigenvalue weighted by Crippen LogP contribution is 2.26. The van der Waals surface area contributed by atoms with Crippen LogP contribution < -0.4 is 9.47 Å². The third-order valence-corrected chi connectivity index (χ3v) is 4.00. The normalized spacial score (nSPS) is 15.4. The summed E-state index contributed by atoms with van der Waals surface area (Å²) in [5, 5.41) is 8.34. The Morgan fingerprint density at radius 1 is 1.17 bits per heavy atom. The van der Waals surface area contributed by atoms with Gasteiger partial charge in [-0.3, -0.25) is 4.79 Å². The highest BCUT2D eigenvalue weighted by molar-refractivity contribution is 5.78. The number of rotatable bonds is 5. The van der Waals surface area contributed by atoms with E-state index in [9.17, 15) is 4.79 Å². The van der Waals surface area contributed by atoms with Gasteiger partial charge in [-0.1, -0.05) is 12.1 Å². The molecule has 0 unspecified atom stereocenters. The van der Waals surface area contributed by atoms with E-state index in [2.05, 4.69) is 10.2 Å². The lowest BCUT2D eigenvalue weighted by atomic mass is 10.1. The highest BCUT2D eigenvalue weighted by atomic mass is 16.5. The zero-order valence-electron chi connectivity index (χ0n) is 13.1. The van der Waals surface area contributed by atoms with E-state index in [1.165, 1.54) is 0 Å². The lowest BCUT2D eigenvalue weighted by Crippen LogP contribution is -2.41. The zero-order chi connectivity index (χ0) is 16.1. The molecule has 1 aromatic heterocycles. The Morgan fingerprint density at radius 3 is 2.48 bits per heavy atom. The van der Waals surface area contributed by atoms with E-state index in [0.29, 0.717) is 24.6 Å². The maximum atomic E-state index is 12.3. The summed E-state index contributed by atoms with van der Waals surface area (Å²) in [6.45, 7) is 1.41. The van der Waals surface area contributed by atoms with E-state index in [4.69, 9.17) is 9.47 Å². The summed E-state index contributed by atoms with van der Waals surface area (Å²) < 4.78 is 10.8. The number of ether oxygens (including phenoxy) is 2. The van der Waals surface area contributed by atoms with E-state index < -0.39 is 0 Å². The summed E-state index contributed by atoms with van der Waals surface area (Å²) in [6, 6.07) is 7.58. The Labute approximate surface area is 134 Å². The summed E-state index contributed by atoms with van der Waals surface area (Å²) >= 11 is 0. The number of piperidine rings is 1. The van der Waals surface area contributed by atoms with Crippen molar-refractivity contribution in [1.82, 2.24) is 19.9 Å². The monoisotopic (exact) mass is 316 g/mol. The van der Waals surface area contributed by atoms with Gasteiger partial charge in [0.1, 0.15) is 0 Å². The van der Waals surface area contributed by atoms with Crippen molar-refractivity contribution in [1.29, 1.82) is 0 Å². The number of benzene rings is 1. The fourth-order valence-corrected chi connectivity index (χ4v) is 2.73. The number of aromatic nitrogens is 3. The number of nitrogens with zero attached hydrogens (tertiary/aromatic N) is 4. The Bertz CT molecular complexity index is 637. The maximum Gasteiger partial charge on any atom is 0.260 e. The van der Waals surface area contributed by atoms with Gasteiger partial charge in [0.25, 0.3) is 5.91 Å². The number of hydrogen-bond acceptors (Lipinski definition) is 5. The predicted molar refractivity (Wildman–Crippen MR) is 83.4 cm³/mol. The van der Waals surface area contributed by atoms with Crippen LogP contribution in [-0.2, 0) is 4.79 Å². The molecule has 0 spiro atoms. The lowest BCUT2D eigenvalue weighted by molar-refractivity contribution is -0.134. The van der Waals surface area contributed by atoms with Crippen LogP contribution in [0.3, 0.4) is 0 Å². The molecule has 1 fully saturated rings. The Balaban J connectivity index is 1.50. The number of methoxy groups -OCH3 is 1. The minimum atomic E-state index is -0.0113. The molecule has 1 aliphatic heterocycles. The Morgan fingerprint density at radius 2 is 1.83 bits per heavy atom. The first-order valence-corrected chi connectivity index (χ1v) is 7.67. The molecule has 1 saturated heterocycles. The van der Waals surface area contributed by atoms with Gasteiger partial charge in [-0.25, -0.2) is 0 Å². The second-order valence-electron chi connectivity index (χ2n) is 5.40. The van der Waals surface area contributed by atoms with Gasteiger partial charge >= 0.3 is 0 Å². The molecule has 2 aromatic rings. The minimum Gasteiger partial charge on any atom is -0.493 e. The summed E-state index contributed by atoms with van der Waals surface area (Å²) in [5.74, 6) is 1.20. The zero-order valence-corrected chi connectivity index (χ0v) is 13.1. The van der Waals surface area contributed by atoms with Crippen LogP contribution in [0, 0.1) is 0 Å². The van der Waals surface area contributed by atoms with E-state index in [1.807, 2.05) is 23.1 Å². The van der Waals surface area contributed by atoms with Gasteiger partial charge in [0, 0.05) is 13.1 Å². The summed E-state index contributed by atoms with van der Waals surface area (Å²) in [7, 11) is 1.58. The molecule has 122 valence electrons. The standard InChI is InChI=1S/C16H20N4O3/c1-22-14-4-2-3-5-15(14)23-12-16(21)19-10-6-13(7-11-19)20-17-8-9-18-20/h2-5,8-9,13H,6-7,10-12H2,1H3. The van der Waals surface area contributed by atoms with E-state index >= 15 is 0 Å². The average Bonchev–Trinajstić information content (AvgIpc) is 3.14. The molecule has 1 aliphatic rings. The predicted octanol–water partition coefficient (Wildman–Crippen LogP) is 1.53. The molecule has 23 heavy (non-hydrogen) atoms. The van der Waals surface area contributed by atoms with Crippen LogP contribution in [0.1, 0.15) is 18.9 Å². The quantitative estimate of drug-likeness (QED) is 0.836. The number of carbonyl (C=O) groups is 1. The molecule has 3 rings (SSSR count). The first-order chi connectivity index (χ1) is 11.3. The fourth-order valence-electron chi connectivity index (χ4n) is 2.73. The average molecular weight is 316 g/mol. The molecule has 7 heteroatoms. The molecular weight excluding hydrogens is 296 g/mol. The molecule has 2 heterocycles. The van der Waals surface area contributed by atoms with Crippen molar-refractivity contribution >= 4 is 5.91 Å². The second kappa shape index (κ2) is 7.13. The molecule has 0 bridgehead atoms. The second-order valence-corrected chi connectivity index (χ2v) is 5.40. The fraction of sp³-hybridized carbons (Fsp3) is 0.438. The van der Waals surface area contributed by atoms with Gasteiger partial charge in [-0.05, 0) is 25.0 Å². The molecule has 0 atom stereocenters. The molecular formula is C16H20N4O3. The molecule has 1 amide bonds. The molecule has 1 aromatic carbocycles. The minimum absolute atomic E-state index is 0.0113. The van der Waals surface area contributed by atoms with Crippen LogP contribution in [0.15, 0.2) is 36.7 Å². The summed E-state index contributed by atoms with van der Waals surface area (Å²) in [4.78, 5) is 15.8. The van der Waals surface area contributed by atoms with Crippen LogP contribution in [0.5, 0.6) is 11.5 Å². The van der Waals surface area contributed by atoms with Crippen molar-refractivity contribution < 1.29 is 14.3 Å². The molecule has 0 aliphatic carbocycles. The molecule has 0 radical (unpaired) electrons. The van der Waals surface area contributed by atoms with Crippen LogP contribution >= 0.6 is 0 Å². The van der Waals surface area contributed by atoms with Gasteiger partial charge in [0.05, 0.1) is 25.5 Å². The van der Waals surface area contributed by atoms with Gasteiger partial charge in [-0.15, -0.1) is 0 Å². The first-order valence-electron chi connectivity index (χ1n) is 7.67. The van der Waals surface area contributed by atoms with Crippen molar-refractivity contribution in [3.05, 3.63) is 36.7 Å². The molecule has 0 saturated carbocycles. The van der Waals surface area contributed by atoms with Crippen LogP contribution in [-0.4, -0.2) is 52.6 Å². The Kier molecular flexibility index (Phi) is 4.75. The molecule has 0 N–H and O–H groups in total. The van der Waals surface area contributed by atoms with Crippen LogP contribution in [0.4, 0.5) is 0 Å². The van der Waals surface area contributed by atoms with Gasteiger partial charge in [-0.2, -0.15) is 15.0 Å². The van der Waals surface area contributed by atoms with Gasteiger partial charge in [0.2, 0.25) is 0 Å². The largest absolute Gasteiger partial charge is 0.493 e. The Hall–Kier alpha value is -2.57.